The minimum atomic E-state index is 0.476. The van der Waals surface area contributed by atoms with E-state index in [9.17, 15) is 0 Å². The van der Waals surface area contributed by atoms with Gasteiger partial charge in [0.25, 0.3) is 0 Å². The quantitative estimate of drug-likeness (QED) is 0.756. The molecule has 2 rings (SSSR count). The van der Waals surface area contributed by atoms with Gasteiger partial charge in [-0.1, -0.05) is 13.8 Å². The second-order valence-corrected chi connectivity index (χ2v) is 4.91. The highest BCUT2D eigenvalue weighted by Gasteiger charge is 2.17. The van der Waals surface area contributed by atoms with Crippen LogP contribution in [0.1, 0.15) is 37.7 Å². The number of rotatable bonds is 7. The van der Waals surface area contributed by atoms with Crippen LogP contribution < -0.4 is 5.32 Å². The standard InChI is InChI=1S/C15H21NO2/c1-12(2)14(15-6-4-10-18-15)7-8-16-11-13-5-3-9-17-13/h3-6,9-10,12,14,16H,7-8,11H2,1-2H3. The minimum Gasteiger partial charge on any atom is -0.469 e. The molecule has 0 amide bonds. The summed E-state index contributed by atoms with van der Waals surface area (Å²) in [6.45, 7) is 6.22. The molecule has 0 saturated carbocycles. The van der Waals surface area contributed by atoms with Gasteiger partial charge >= 0.3 is 0 Å². The summed E-state index contributed by atoms with van der Waals surface area (Å²) in [5.74, 6) is 3.13. The SMILES string of the molecule is CC(C)C(CCNCc1ccco1)c1ccco1. The predicted octanol–water partition coefficient (Wildman–Crippen LogP) is 3.79. The first-order chi connectivity index (χ1) is 8.77. The fourth-order valence-electron chi connectivity index (χ4n) is 2.19. The van der Waals surface area contributed by atoms with E-state index in [-0.39, 0.29) is 0 Å². The van der Waals surface area contributed by atoms with Crippen LogP contribution in [0.5, 0.6) is 0 Å². The largest absolute Gasteiger partial charge is 0.469 e. The van der Waals surface area contributed by atoms with Crippen molar-refractivity contribution in [1.82, 2.24) is 5.32 Å². The van der Waals surface area contributed by atoms with E-state index in [2.05, 4.69) is 25.2 Å². The van der Waals surface area contributed by atoms with Gasteiger partial charge in [-0.2, -0.15) is 0 Å². The first-order valence-corrected chi connectivity index (χ1v) is 6.54. The Morgan fingerprint density at radius 3 is 2.50 bits per heavy atom. The normalized spacial score (nSPS) is 13.1. The minimum absolute atomic E-state index is 0.476. The average Bonchev–Trinajstić information content (AvgIpc) is 3.00. The third kappa shape index (κ3) is 3.50. The maximum absolute atomic E-state index is 5.51. The maximum Gasteiger partial charge on any atom is 0.117 e. The van der Waals surface area contributed by atoms with Crippen molar-refractivity contribution in [2.45, 2.75) is 32.7 Å². The van der Waals surface area contributed by atoms with Crippen molar-refractivity contribution in [2.24, 2.45) is 5.92 Å². The summed E-state index contributed by atoms with van der Waals surface area (Å²) in [4.78, 5) is 0. The van der Waals surface area contributed by atoms with Gasteiger partial charge in [-0.15, -0.1) is 0 Å². The van der Waals surface area contributed by atoms with Crippen LogP contribution in [-0.2, 0) is 6.54 Å². The molecule has 0 bridgehead atoms. The number of hydrogen-bond acceptors (Lipinski definition) is 3. The maximum atomic E-state index is 5.51. The summed E-state index contributed by atoms with van der Waals surface area (Å²) < 4.78 is 10.8. The highest BCUT2D eigenvalue weighted by Crippen LogP contribution is 2.27. The molecular weight excluding hydrogens is 226 g/mol. The van der Waals surface area contributed by atoms with E-state index in [0.29, 0.717) is 11.8 Å². The van der Waals surface area contributed by atoms with Gasteiger partial charge in [0.15, 0.2) is 0 Å². The Hall–Kier alpha value is -1.48. The molecule has 0 aliphatic heterocycles. The van der Waals surface area contributed by atoms with Gasteiger partial charge in [0.1, 0.15) is 11.5 Å². The molecule has 18 heavy (non-hydrogen) atoms. The van der Waals surface area contributed by atoms with Crippen LogP contribution in [0.4, 0.5) is 0 Å². The molecule has 3 heteroatoms. The van der Waals surface area contributed by atoms with Gasteiger partial charge in [0.2, 0.25) is 0 Å². The topological polar surface area (TPSA) is 38.3 Å². The van der Waals surface area contributed by atoms with Crippen molar-refractivity contribution < 1.29 is 8.83 Å². The second kappa shape index (κ2) is 6.45. The molecule has 2 aromatic rings. The highest BCUT2D eigenvalue weighted by atomic mass is 16.3. The lowest BCUT2D eigenvalue weighted by Crippen LogP contribution is -2.18. The monoisotopic (exact) mass is 247 g/mol. The van der Waals surface area contributed by atoms with Crippen LogP contribution in [0.15, 0.2) is 45.6 Å². The van der Waals surface area contributed by atoms with Gasteiger partial charge in [-0.05, 0) is 43.1 Å². The zero-order valence-corrected chi connectivity index (χ0v) is 11.1. The van der Waals surface area contributed by atoms with Gasteiger partial charge in [0.05, 0.1) is 19.1 Å². The molecule has 1 unspecified atom stereocenters. The molecule has 2 heterocycles. The van der Waals surface area contributed by atoms with E-state index < -0.39 is 0 Å². The highest BCUT2D eigenvalue weighted by molar-refractivity contribution is 5.06. The van der Waals surface area contributed by atoms with Crippen molar-refractivity contribution in [2.75, 3.05) is 6.54 Å². The summed E-state index contributed by atoms with van der Waals surface area (Å²) in [5.41, 5.74) is 0. The number of nitrogens with one attached hydrogen (secondary N) is 1. The molecule has 3 nitrogen and oxygen atoms in total. The van der Waals surface area contributed by atoms with E-state index in [1.807, 2.05) is 18.2 Å². The van der Waals surface area contributed by atoms with E-state index in [4.69, 9.17) is 8.83 Å². The molecule has 0 aliphatic rings. The fraction of sp³-hybridized carbons (Fsp3) is 0.467. The zero-order chi connectivity index (χ0) is 12.8. The Labute approximate surface area is 108 Å². The van der Waals surface area contributed by atoms with Crippen LogP contribution in [0, 0.1) is 5.92 Å². The van der Waals surface area contributed by atoms with Crippen LogP contribution in [0.3, 0.4) is 0 Å². The Bertz CT molecular complexity index is 417. The van der Waals surface area contributed by atoms with E-state index >= 15 is 0 Å². The summed E-state index contributed by atoms with van der Waals surface area (Å²) >= 11 is 0. The molecule has 1 N–H and O–H groups in total. The van der Waals surface area contributed by atoms with Crippen LogP contribution in [-0.4, -0.2) is 6.54 Å². The molecule has 2 aromatic heterocycles. The van der Waals surface area contributed by atoms with Gasteiger partial charge in [-0.25, -0.2) is 0 Å². The average molecular weight is 247 g/mol. The van der Waals surface area contributed by atoms with Gasteiger partial charge in [-0.3, -0.25) is 0 Å². The van der Waals surface area contributed by atoms with E-state index in [1.54, 1.807) is 12.5 Å². The number of furan rings is 2. The molecule has 0 fully saturated rings. The first-order valence-electron chi connectivity index (χ1n) is 6.54. The molecule has 0 saturated heterocycles. The number of hydrogen-bond donors (Lipinski definition) is 1. The third-order valence-corrected chi connectivity index (χ3v) is 3.22. The second-order valence-electron chi connectivity index (χ2n) is 4.91. The Morgan fingerprint density at radius 2 is 1.89 bits per heavy atom. The molecular formula is C15H21NO2. The summed E-state index contributed by atoms with van der Waals surface area (Å²) in [6, 6.07) is 7.93. The van der Waals surface area contributed by atoms with E-state index in [1.165, 1.54) is 0 Å². The molecule has 98 valence electrons. The van der Waals surface area contributed by atoms with Crippen molar-refractivity contribution in [3.8, 4) is 0 Å². The lowest BCUT2D eigenvalue weighted by molar-refractivity contribution is 0.369. The van der Waals surface area contributed by atoms with Crippen molar-refractivity contribution in [3.05, 3.63) is 48.3 Å². The fourth-order valence-corrected chi connectivity index (χ4v) is 2.19. The Kier molecular flexibility index (Phi) is 4.65. The first kappa shape index (κ1) is 13.0. The summed E-state index contributed by atoms with van der Waals surface area (Å²) in [6.07, 6.45) is 4.53. The predicted molar refractivity (Wildman–Crippen MR) is 71.3 cm³/mol. The van der Waals surface area contributed by atoms with Crippen LogP contribution >= 0.6 is 0 Å². The lowest BCUT2D eigenvalue weighted by atomic mass is 9.90. The van der Waals surface area contributed by atoms with Crippen molar-refractivity contribution in [3.63, 3.8) is 0 Å². The zero-order valence-electron chi connectivity index (χ0n) is 11.1. The summed E-state index contributed by atoms with van der Waals surface area (Å²) in [7, 11) is 0. The Morgan fingerprint density at radius 1 is 1.11 bits per heavy atom. The Balaban J connectivity index is 1.76. The van der Waals surface area contributed by atoms with Gasteiger partial charge < -0.3 is 14.2 Å². The third-order valence-electron chi connectivity index (χ3n) is 3.22. The smallest absolute Gasteiger partial charge is 0.117 e. The van der Waals surface area contributed by atoms with Crippen LogP contribution in [0.25, 0.3) is 0 Å². The molecule has 0 aliphatic carbocycles. The molecule has 0 spiro atoms. The van der Waals surface area contributed by atoms with Crippen molar-refractivity contribution >= 4 is 0 Å². The van der Waals surface area contributed by atoms with E-state index in [0.717, 1.165) is 31.0 Å². The molecule has 0 aromatic carbocycles. The summed E-state index contributed by atoms with van der Waals surface area (Å²) in [5, 5.41) is 3.40. The molecule has 0 radical (unpaired) electrons. The van der Waals surface area contributed by atoms with Crippen LogP contribution in [0.2, 0.25) is 0 Å². The van der Waals surface area contributed by atoms with Crippen molar-refractivity contribution in [1.29, 1.82) is 0 Å². The molecule has 1 atom stereocenters. The van der Waals surface area contributed by atoms with Gasteiger partial charge in [0, 0.05) is 5.92 Å². The lowest BCUT2D eigenvalue weighted by Gasteiger charge is -2.18.